The largest absolute Gasteiger partial charge is 0.382 e. The van der Waals surface area contributed by atoms with Crippen LogP contribution in [0.4, 0.5) is 15.8 Å². The zero-order valence-electron chi connectivity index (χ0n) is 11.3. The van der Waals surface area contributed by atoms with Crippen LogP contribution >= 0.6 is 0 Å². The molecule has 2 rings (SSSR count). The molecule has 1 N–H and O–H groups in total. The molecule has 0 spiro atoms. The normalized spacial score (nSPS) is 21.9. The second-order valence-electron chi connectivity index (χ2n) is 5.85. The van der Waals surface area contributed by atoms with Crippen LogP contribution < -0.4 is 5.32 Å². The second kappa shape index (κ2) is 5.15. The zero-order chi connectivity index (χ0) is 14.0. The van der Waals surface area contributed by atoms with Crippen molar-refractivity contribution in [3.8, 4) is 0 Å². The van der Waals surface area contributed by atoms with E-state index in [2.05, 4.69) is 19.2 Å². The second-order valence-corrected chi connectivity index (χ2v) is 5.85. The first-order chi connectivity index (χ1) is 8.90. The average Bonchev–Trinajstić information content (AvgIpc) is 2.31. The number of nitro groups is 1. The summed E-state index contributed by atoms with van der Waals surface area (Å²) in [5.41, 5.74) is 0.299. The fourth-order valence-corrected chi connectivity index (χ4v) is 2.71. The number of nitrogens with one attached hydrogen (secondary N) is 1. The third-order valence-corrected chi connectivity index (χ3v) is 3.99. The lowest BCUT2D eigenvalue weighted by atomic mass is 9.73. The van der Waals surface area contributed by atoms with Gasteiger partial charge in [0.25, 0.3) is 0 Å². The number of benzene rings is 1. The first kappa shape index (κ1) is 13.8. The van der Waals surface area contributed by atoms with Gasteiger partial charge in [0.2, 0.25) is 5.82 Å². The van der Waals surface area contributed by atoms with Crippen LogP contribution in [0.15, 0.2) is 18.2 Å². The number of nitro benzene ring substituents is 1. The summed E-state index contributed by atoms with van der Waals surface area (Å²) >= 11 is 0. The van der Waals surface area contributed by atoms with Gasteiger partial charge < -0.3 is 5.32 Å². The third-order valence-electron chi connectivity index (χ3n) is 3.99. The van der Waals surface area contributed by atoms with Gasteiger partial charge in [-0.1, -0.05) is 26.7 Å². The number of hydrogen-bond acceptors (Lipinski definition) is 3. The van der Waals surface area contributed by atoms with E-state index in [1.807, 2.05) is 0 Å². The summed E-state index contributed by atoms with van der Waals surface area (Å²) in [7, 11) is 0. The first-order valence-electron chi connectivity index (χ1n) is 6.60. The van der Waals surface area contributed by atoms with Gasteiger partial charge in [-0.2, -0.15) is 4.39 Å². The van der Waals surface area contributed by atoms with Gasteiger partial charge in [0.15, 0.2) is 0 Å². The highest BCUT2D eigenvalue weighted by atomic mass is 19.1. The molecule has 1 unspecified atom stereocenters. The molecule has 1 atom stereocenters. The fourth-order valence-electron chi connectivity index (χ4n) is 2.71. The standard InChI is InChI=1S/C14H19FN2O2/c1-14(2)8-4-3-5-13(14)16-10-6-7-12(17(18)19)11(15)9-10/h6-7,9,13,16H,3-5,8H2,1-2H3. The number of anilines is 1. The lowest BCUT2D eigenvalue weighted by Crippen LogP contribution is -2.38. The molecule has 0 amide bonds. The van der Waals surface area contributed by atoms with Crippen molar-refractivity contribution in [1.29, 1.82) is 0 Å². The lowest BCUT2D eigenvalue weighted by Gasteiger charge is -2.39. The summed E-state index contributed by atoms with van der Waals surface area (Å²) in [5.74, 6) is -0.788. The molecule has 1 fully saturated rings. The molecule has 0 radical (unpaired) electrons. The predicted octanol–water partition coefficient (Wildman–Crippen LogP) is 4.11. The summed E-state index contributed by atoms with van der Waals surface area (Å²) < 4.78 is 13.6. The summed E-state index contributed by atoms with van der Waals surface area (Å²) in [6.45, 7) is 4.40. The Labute approximate surface area is 112 Å². The summed E-state index contributed by atoms with van der Waals surface area (Å²) in [6, 6.07) is 4.28. The minimum absolute atomic E-state index is 0.163. The van der Waals surface area contributed by atoms with E-state index in [-0.39, 0.29) is 11.5 Å². The van der Waals surface area contributed by atoms with E-state index in [9.17, 15) is 14.5 Å². The fraction of sp³-hybridized carbons (Fsp3) is 0.571. The van der Waals surface area contributed by atoms with E-state index in [1.54, 1.807) is 6.07 Å². The van der Waals surface area contributed by atoms with Crippen LogP contribution in [0.5, 0.6) is 0 Å². The van der Waals surface area contributed by atoms with Gasteiger partial charge >= 0.3 is 5.69 Å². The van der Waals surface area contributed by atoms with Gasteiger partial charge in [0, 0.05) is 23.9 Å². The monoisotopic (exact) mass is 266 g/mol. The minimum Gasteiger partial charge on any atom is -0.382 e. The number of rotatable bonds is 3. The van der Waals surface area contributed by atoms with E-state index in [0.717, 1.165) is 19.3 Å². The van der Waals surface area contributed by atoms with Crippen molar-refractivity contribution in [2.75, 3.05) is 5.32 Å². The molecule has 0 heterocycles. The van der Waals surface area contributed by atoms with Crippen molar-refractivity contribution in [3.63, 3.8) is 0 Å². The van der Waals surface area contributed by atoms with Crippen LogP contribution in [0, 0.1) is 21.3 Å². The van der Waals surface area contributed by atoms with Gasteiger partial charge in [-0.15, -0.1) is 0 Å². The van der Waals surface area contributed by atoms with Gasteiger partial charge in [-0.25, -0.2) is 0 Å². The number of halogens is 1. The number of nitrogens with zero attached hydrogens (tertiary/aromatic N) is 1. The molecule has 1 aliphatic rings. The Morgan fingerprint density at radius 1 is 1.42 bits per heavy atom. The summed E-state index contributed by atoms with van der Waals surface area (Å²) in [4.78, 5) is 9.87. The number of hydrogen-bond donors (Lipinski definition) is 1. The molecule has 0 bridgehead atoms. The van der Waals surface area contributed by atoms with Crippen molar-refractivity contribution in [3.05, 3.63) is 34.1 Å². The van der Waals surface area contributed by atoms with E-state index < -0.39 is 16.4 Å². The molecule has 104 valence electrons. The highest BCUT2D eigenvalue weighted by Crippen LogP contribution is 2.37. The van der Waals surface area contributed by atoms with Gasteiger partial charge in [-0.05, 0) is 24.3 Å². The van der Waals surface area contributed by atoms with Crippen molar-refractivity contribution in [2.24, 2.45) is 5.41 Å². The Bertz CT molecular complexity index is 488. The molecule has 0 aromatic heterocycles. The Balaban J connectivity index is 2.15. The predicted molar refractivity (Wildman–Crippen MR) is 72.7 cm³/mol. The van der Waals surface area contributed by atoms with Gasteiger partial charge in [0.1, 0.15) is 0 Å². The SMILES string of the molecule is CC1(C)CCCCC1Nc1ccc([N+](=O)[O-])c(F)c1. The Morgan fingerprint density at radius 3 is 2.74 bits per heavy atom. The Morgan fingerprint density at radius 2 is 2.16 bits per heavy atom. The van der Waals surface area contributed by atoms with Crippen LogP contribution in [0.1, 0.15) is 39.5 Å². The highest BCUT2D eigenvalue weighted by molar-refractivity contribution is 5.50. The summed E-state index contributed by atoms with van der Waals surface area (Å²) in [5, 5.41) is 13.9. The highest BCUT2D eigenvalue weighted by Gasteiger charge is 2.32. The molecule has 1 aromatic rings. The van der Waals surface area contributed by atoms with Gasteiger partial charge in [0.05, 0.1) is 4.92 Å². The maximum Gasteiger partial charge on any atom is 0.304 e. The van der Waals surface area contributed by atoms with Crippen molar-refractivity contribution >= 4 is 11.4 Å². The van der Waals surface area contributed by atoms with E-state index in [4.69, 9.17) is 0 Å². The molecule has 19 heavy (non-hydrogen) atoms. The van der Waals surface area contributed by atoms with Crippen molar-refractivity contribution < 1.29 is 9.31 Å². The van der Waals surface area contributed by atoms with Crippen LogP contribution in [-0.2, 0) is 0 Å². The molecule has 4 nitrogen and oxygen atoms in total. The Hall–Kier alpha value is -1.65. The quantitative estimate of drug-likeness (QED) is 0.661. The van der Waals surface area contributed by atoms with Crippen molar-refractivity contribution in [1.82, 2.24) is 0 Å². The zero-order valence-corrected chi connectivity index (χ0v) is 11.3. The lowest BCUT2D eigenvalue weighted by molar-refractivity contribution is -0.387. The topological polar surface area (TPSA) is 55.2 Å². The maximum absolute atomic E-state index is 13.6. The van der Waals surface area contributed by atoms with Gasteiger partial charge in [-0.3, -0.25) is 10.1 Å². The average molecular weight is 266 g/mol. The molecule has 1 saturated carbocycles. The molecule has 0 saturated heterocycles. The molecule has 1 aliphatic carbocycles. The minimum atomic E-state index is -0.788. The van der Waals surface area contributed by atoms with E-state index in [1.165, 1.54) is 18.6 Å². The third kappa shape index (κ3) is 3.03. The molecular formula is C14H19FN2O2. The Kier molecular flexibility index (Phi) is 3.73. The van der Waals surface area contributed by atoms with Crippen LogP contribution in [-0.4, -0.2) is 11.0 Å². The molecule has 5 heteroatoms. The van der Waals surface area contributed by atoms with Crippen LogP contribution in [0.2, 0.25) is 0 Å². The van der Waals surface area contributed by atoms with Crippen LogP contribution in [0.3, 0.4) is 0 Å². The van der Waals surface area contributed by atoms with E-state index in [0.29, 0.717) is 5.69 Å². The smallest absolute Gasteiger partial charge is 0.304 e. The van der Waals surface area contributed by atoms with Crippen LogP contribution in [0.25, 0.3) is 0 Å². The van der Waals surface area contributed by atoms with Crippen molar-refractivity contribution in [2.45, 2.75) is 45.6 Å². The molecular weight excluding hydrogens is 247 g/mol. The summed E-state index contributed by atoms with van der Waals surface area (Å²) in [6.07, 6.45) is 4.57. The van der Waals surface area contributed by atoms with E-state index >= 15 is 0 Å². The molecule has 1 aromatic carbocycles. The first-order valence-corrected chi connectivity index (χ1v) is 6.60. The molecule has 0 aliphatic heterocycles. The maximum atomic E-state index is 13.6.